The van der Waals surface area contributed by atoms with Crippen molar-refractivity contribution in [3.05, 3.63) is 53.1 Å². The SMILES string of the molecule is N#Cc1cc(Oc2ccc3c(c2)CCCC3)ccc1N. The van der Waals surface area contributed by atoms with Crippen LogP contribution in [-0.4, -0.2) is 0 Å². The second-order valence-electron chi connectivity index (χ2n) is 5.10. The predicted molar refractivity (Wildman–Crippen MR) is 78.7 cm³/mol. The van der Waals surface area contributed by atoms with Crippen LogP contribution in [0.15, 0.2) is 36.4 Å². The first kappa shape index (κ1) is 12.6. The minimum atomic E-state index is 0.445. The summed E-state index contributed by atoms with van der Waals surface area (Å²) in [4.78, 5) is 0. The first-order valence-electron chi connectivity index (χ1n) is 6.85. The van der Waals surface area contributed by atoms with Crippen molar-refractivity contribution in [2.45, 2.75) is 25.7 Å². The summed E-state index contributed by atoms with van der Waals surface area (Å²) in [5, 5.41) is 8.98. The molecule has 0 heterocycles. The number of ether oxygens (including phenoxy) is 1. The van der Waals surface area contributed by atoms with Crippen LogP contribution in [0.3, 0.4) is 0 Å². The fraction of sp³-hybridized carbons (Fsp3) is 0.235. The molecule has 2 N–H and O–H groups in total. The number of anilines is 1. The van der Waals surface area contributed by atoms with Gasteiger partial charge in [0.15, 0.2) is 0 Å². The topological polar surface area (TPSA) is 59.0 Å². The number of nitriles is 1. The molecule has 1 aliphatic rings. The van der Waals surface area contributed by atoms with Gasteiger partial charge in [0, 0.05) is 11.8 Å². The van der Waals surface area contributed by atoms with Crippen molar-refractivity contribution in [3.63, 3.8) is 0 Å². The van der Waals surface area contributed by atoms with E-state index in [2.05, 4.69) is 18.2 Å². The van der Waals surface area contributed by atoms with E-state index < -0.39 is 0 Å². The maximum atomic E-state index is 8.98. The molecular formula is C17H16N2O. The van der Waals surface area contributed by atoms with Crippen molar-refractivity contribution in [1.82, 2.24) is 0 Å². The highest BCUT2D eigenvalue weighted by Gasteiger charge is 2.10. The van der Waals surface area contributed by atoms with Crippen LogP contribution in [0.4, 0.5) is 5.69 Å². The summed E-state index contributed by atoms with van der Waals surface area (Å²) < 4.78 is 5.84. The highest BCUT2D eigenvalue weighted by molar-refractivity contribution is 5.57. The first-order chi connectivity index (χ1) is 9.76. The van der Waals surface area contributed by atoms with Gasteiger partial charge in [0.25, 0.3) is 0 Å². The molecule has 0 unspecified atom stereocenters. The molecule has 2 aromatic rings. The second-order valence-corrected chi connectivity index (χ2v) is 5.10. The molecule has 0 saturated heterocycles. The van der Waals surface area contributed by atoms with Gasteiger partial charge in [-0.3, -0.25) is 0 Å². The minimum absolute atomic E-state index is 0.445. The number of benzene rings is 2. The molecule has 3 heteroatoms. The van der Waals surface area contributed by atoms with Gasteiger partial charge in [-0.15, -0.1) is 0 Å². The molecule has 0 aliphatic heterocycles. The lowest BCUT2D eigenvalue weighted by Crippen LogP contribution is -2.02. The summed E-state index contributed by atoms with van der Waals surface area (Å²) in [6.45, 7) is 0. The number of nitrogens with two attached hydrogens (primary N) is 1. The third kappa shape index (κ3) is 2.46. The maximum Gasteiger partial charge on any atom is 0.128 e. The van der Waals surface area contributed by atoms with E-state index in [1.54, 1.807) is 18.2 Å². The van der Waals surface area contributed by atoms with E-state index >= 15 is 0 Å². The molecule has 0 radical (unpaired) electrons. The lowest BCUT2D eigenvalue weighted by molar-refractivity contribution is 0.480. The van der Waals surface area contributed by atoms with E-state index in [0.29, 0.717) is 17.0 Å². The maximum absolute atomic E-state index is 8.98. The molecule has 0 saturated carbocycles. The van der Waals surface area contributed by atoms with E-state index in [1.807, 2.05) is 6.07 Å². The molecule has 0 bridgehead atoms. The van der Waals surface area contributed by atoms with Gasteiger partial charge < -0.3 is 10.5 Å². The summed E-state index contributed by atoms with van der Waals surface area (Å²) in [5.74, 6) is 1.46. The fourth-order valence-corrected chi connectivity index (χ4v) is 2.61. The second kappa shape index (κ2) is 5.26. The van der Waals surface area contributed by atoms with Crippen molar-refractivity contribution >= 4 is 5.69 Å². The average molecular weight is 264 g/mol. The van der Waals surface area contributed by atoms with E-state index in [4.69, 9.17) is 15.7 Å². The third-order valence-electron chi connectivity index (χ3n) is 3.70. The summed E-state index contributed by atoms with van der Waals surface area (Å²) in [7, 11) is 0. The molecule has 0 atom stereocenters. The summed E-state index contributed by atoms with van der Waals surface area (Å²) >= 11 is 0. The van der Waals surface area contributed by atoms with Gasteiger partial charge in [0.2, 0.25) is 0 Å². The molecule has 0 fully saturated rings. The van der Waals surface area contributed by atoms with Gasteiger partial charge >= 0.3 is 0 Å². The molecule has 20 heavy (non-hydrogen) atoms. The van der Waals surface area contributed by atoms with Gasteiger partial charge in [0.05, 0.1) is 5.56 Å². The predicted octanol–water partition coefficient (Wildman–Crippen LogP) is 3.81. The zero-order chi connectivity index (χ0) is 13.9. The zero-order valence-electron chi connectivity index (χ0n) is 11.2. The standard InChI is InChI=1S/C17H16N2O/c18-11-14-10-16(7-8-17(14)19)20-15-6-5-12-3-1-2-4-13(12)9-15/h5-10H,1-4,19H2. The Labute approximate surface area is 118 Å². The quantitative estimate of drug-likeness (QED) is 0.839. The van der Waals surface area contributed by atoms with E-state index in [-0.39, 0.29) is 0 Å². The van der Waals surface area contributed by atoms with Crippen molar-refractivity contribution in [2.24, 2.45) is 0 Å². The zero-order valence-corrected chi connectivity index (χ0v) is 11.2. The van der Waals surface area contributed by atoms with Crippen LogP contribution in [0.5, 0.6) is 11.5 Å². The van der Waals surface area contributed by atoms with Gasteiger partial charge in [-0.1, -0.05) is 6.07 Å². The molecule has 0 amide bonds. The Balaban J connectivity index is 1.86. The van der Waals surface area contributed by atoms with Crippen LogP contribution in [-0.2, 0) is 12.8 Å². The summed E-state index contributed by atoms with van der Waals surface area (Å²) in [6.07, 6.45) is 4.81. The van der Waals surface area contributed by atoms with Crippen LogP contribution in [0.25, 0.3) is 0 Å². The smallest absolute Gasteiger partial charge is 0.128 e. The van der Waals surface area contributed by atoms with E-state index in [1.165, 1.54) is 24.0 Å². The number of nitrogens with zero attached hydrogens (tertiary/aromatic N) is 1. The van der Waals surface area contributed by atoms with Crippen LogP contribution >= 0.6 is 0 Å². The molecule has 3 rings (SSSR count). The highest BCUT2D eigenvalue weighted by Crippen LogP contribution is 2.29. The highest BCUT2D eigenvalue weighted by atomic mass is 16.5. The van der Waals surface area contributed by atoms with Gasteiger partial charge in [-0.2, -0.15) is 5.26 Å². The molecule has 0 spiro atoms. The number of hydrogen-bond donors (Lipinski definition) is 1. The fourth-order valence-electron chi connectivity index (χ4n) is 2.61. The largest absolute Gasteiger partial charge is 0.457 e. The van der Waals surface area contributed by atoms with Crippen molar-refractivity contribution in [2.75, 3.05) is 5.73 Å². The minimum Gasteiger partial charge on any atom is -0.457 e. The Bertz CT molecular complexity index is 686. The Kier molecular flexibility index (Phi) is 3.30. The Morgan fingerprint density at radius 1 is 0.950 bits per heavy atom. The van der Waals surface area contributed by atoms with Crippen LogP contribution < -0.4 is 10.5 Å². The molecule has 2 aromatic carbocycles. The first-order valence-corrected chi connectivity index (χ1v) is 6.85. The number of fused-ring (bicyclic) bond motifs is 1. The Morgan fingerprint density at radius 2 is 1.65 bits per heavy atom. The lowest BCUT2D eigenvalue weighted by atomic mass is 9.92. The van der Waals surface area contributed by atoms with Crippen LogP contribution in [0.1, 0.15) is 29.5 Å². The molecular weight excluding hydrogens is 248 g/mol. The lowest BCUT2D eigenvalue weighted by Gasteiger charge is -2.16. The van der Waals surface area contributed by atoms with Gasteiger partial charge in [-0.25, -0.2) is 0 Å². The number of rotatable bonds is 2. The molecule has 100 valence electrons. The summed E-state index contributed by atoms with van der Waals surface area (Å²) in [5.41, 5.74) is 9.44. The Hall–Kier alpha value is -2.47. The molecule has 1 aliphatic carbocycles. The Morgan fingerprint density at radius 3 is 2.45 bits per heavy atom. The van der Waals surface area contributed by atoms with E-state index in [9.17, 15) is 0 Å². The number of aryl methyl sites for hydroxylation is 2. The van der Waals surface area contributed by atoms with Crippen molar-refractivity contribution in [1.29, 1.82) is 5.26 Å². The van der Waals surface area contributed by atoms with Gasteiger partial charge in [0.1, 0.15) is 17.6 Å². The number of nitrogen functional groups attached to an aromatic ring is 1. The summed E-state index contributed by atoms with van der Waals surface area (Å²) in [6, 6.07) is 13.5. The van der Waals surface area contributed by atoms with E-state index in [0.717, 1.165) is 18.6 Å². The van der Waals surface area contributed by atoms with Crippen molar-refractivity contribution in [3.8, 4) is 17.6 Å². The normalized spacial score (nSPS) is 13.3. The monoisotopic (exact) mass is 264 g/mol. The van der Waals surface area contributed by atoms with Gasteiger partial charge in [-0.05, 0) is 61.1 Å². The number of hydrogen-bond acceptors (Lipinski definition) is 3. The van der Waals surface area contributed by atoms with Crippen LogP contribution in [0, 0.1) is 11.3 Å². The van der Waals surface area contributed by atoms with Crippen molar-refractivity contribution < 1.29 is 4.74 Å². The average Bonchev–Trinajstić information content (AvgIpc) is 2.49. The molecule has 0 aromatic heterocycles. The third-order valence-corrected chi connectivity index (χ3v) is 3.70. The van der Waals surface area contributed by atoms with Crippen LogP contribution in [0.2, 0.25) is 0 Å². The molecule has 3 nitrogen and oxygen atoms in total.